The van der Waals surface area contributed by atoms with Crippen molar-refractivity contribution in [3.63, 3.8) is 0 Å². The van der Waals surface area contributed by atoms with Crippen LogP contribution in [0.15, 0.2) is 48.5 Å². The summed E-state index contributed by atoms with van der Waals surface area (Å²) < 4.78 is 5.19. The number of nitrogens with zero attached hydrogens (tertiary/aromatic N) is 1. The Morgan fingerprint density at radius 3 is 2.42 bits per heavy atom. The van der Waals surface area contributed by atoms with Crippen LogP contribution < -0.4 is 15.4 Å². The van der Waals surface area contributed by atoms with Gasteiger partial charge in [0, 0.05) is 17.3 Å². The fourth-order valence-electron chi connectivity index (χ4n) is 5.39. The predicted octanol–water partition coefficient (Wildman–Crippen LogP) is 2.27. The van der Waals surface area contributed by atoms with E-state index in [1.54, 1.807) is 7.11 Å². The van der Waals surface area contributed by atoms with Crippen molar-refractivity contribution in [3.8, 4) is 5.75 Å². The average Bonchev–Trinajstić information content (AvgIpc) is 3.35. The lowest BCUT2D eigenvalue weighted by Crippen LogP contribution is -2.53. The molecule has 3 aliphatic heterocycles. The Balaban J connectivity index is 1.56. The molecule has 0 unspecified atom stereocenters. The summed E-state index contributed by atoms with van der Waals surface area (Å²) in [5, 5.41) is 6.35. The van der Waals surface area contributed by atoms with Gasteiger partial charge in [0.2, 0.25) is 17.7 Å². The molecule has 4 atom stereocenters. The van der Waals surface area contributed by atoms with Crippen LogP contribution in [0.2, 0.25) is 0 Å². The molecule has 2 aromatic carbocycles. The minimum absolute atomic E-state index is 0.0742. The van der Waals surface area contributed by atoms with Crippen molar-refractivity contribution in [1.82, 2.24) is 10.2 Å². The van der Waals surface area contributed by atoms with Crippen molar-refractivity contribution in [2.24, 2.45) is 17.8 Å². The molecule has 3 aliphatic rings. The molecule has 0 bridgehead atoms. The molecule has 0 aromatic heterocycles. The maximum atomic E-state index is 13.7. The zero-order chi connectivity index (χ0) is 21.9. The second kappa shape index (κ2) is 6.92. The van der Waals surface area contributed by atoms with Crippen LogP contribution in [-0.2, 0) is 26.5 Å². The van der Waals surface area contributed by atoms with Crippen molar-refractivity contribution in [2.75, 3.05) is 12.4 Å². The van der Waals surface area contributed by atoms with E-state index in [1.807, 2.05) is 62.4 Å². The van der Waals surface area contributed by atoms with Crippen molar-refractivity contribution in [1.29, 1.82) is 0 Å². The molecule has 3 amide bonds. The standard InChI is InChI=1S/C24H25N3O4/c1-13(2)20-18-19(24(26-20)16-6-4-5-7-17(16)25-23(24)30)22(29)27(21(18)28)12-14-8-10-15(31-3)11-9-14/h4-11,13,18-20,26H,12H2,1-3H3,(H,25,30)/t18-,19-,20-,24+/m0/s1. The Morgan fingerprint density at radius 1 is 1.03 bits per heavy atom. The lowest BCUT2D eigenvalue weighted by Gasteiger charge is -2.30. The van der Waals surface area contributed by atoms with Crippen LogP contribution >= 0.6 is 0 Å². The molecule has 2 fully saturated rings. The summed E-state index contributed by atoms with van der Waals surface area (Å²) in [6, 6.07) is 14.4. The second-order valence-electron chi connectivity index (χ2n) is 8.84. The van der Waals surface area contributed by atoms with Gasteiger partial charge in [-0.25, -0.2) is 0 Å². The van der Waals surface area contributed by atoms with Gasteiger partial charge < -0.3 is 10.1 Å². The fourth-order valence-corrected chi connectivity index (χ4v) is 5.39. The molecule has 3 heterocycles. The number of benzene rings is 2. The van der Waals surface area contributed by atoms with E-state index in [2.05, 4.69) is 10.6 Å². The Labute approximate surface area is 180 Å². The van der Waals surface area contributed by atoms with Crippen LogP contribution in [0.25, 0.3) is 0 Å². The number of methoxy groups -OCH3 is 1. The Bertz CT molecular complexity index is 1080. The van der Waals surface area contributed by atoms with Gasteiger partial charge in [0.15, 0.2) is 0 Å². The minimum atomic E-state index is -1.22. The van der Waals surface area contributed by atoms with Crippen LogP contribution in [-0.4, -0.2) is 35.8 Å². The molecular weight excluding hydrogens is 394 g/mol. The molecule has 5 rings (SSSR count). The first-order valence-corrected chi connectivity index (χ1v) is 10.5. The van der Waals surface area contributed by atoms with Gasteiger partial charge in [-0.15, -0.1) is 0 Å². The molecule has 1 spiro atoms. The summed E-state index contributed by atoms with van der Waals surface area (Å²) in [5.41, 5.74) is 1.04. The lowest BCUT2D eigenvalue weighted by molar-refractivity contribution is -0.143. The third-order valence-corrected chi connectivity index (χ3v) is 6.87. The van der Waals surface area contributed by atoms with Gasteiger partial charge in [0.25, 0.3) is 0 Å². The van der Waals surface area contributed by atoms with E-state index in [0.29, 0.717) is 11.4 Å². The second-order valence-corrected chi connectivity index (χ2v) is 8.84. The number of imide groups is 1. The SMILES string of the molecule is COc1ccc(CN2C(=O)[C@H]3[C@@H](C2=O)[C@@]2(N[C@H]3C(C)C)C(=O)Nc3ccccc32)cc1. The van der Waals surface area contributed by atoms with Crippen molar-refractivity contribution in [2.45, 2.75) is 32.0 Å². The zero-order valence-corrected chi connectivity index (χ0v) is 17.7. The largest absolute Gasteiger partial charge is 0.497 e. The Morgan fingerprint density at radius 2 is 1.74 bits per heavy atom. The number of amides is 3. The smallest absolute Gasteiger partial charge is 0.250 e. The van der Waals surface area contributed by atoms with Gasteiger partial charge in [-0.2, -0.15) is 0 Å². The van der Waals surface area contributed by atoms with E-state index in [9.17, 15) is 14.4 Å². The van der Waals surface area contributed by atoms with E-state index in [4.69, 9.17) is 4.74 Å². The number of carbonyl (C=O) groups is 3. The first kappa shape index (κ1) is 19.8. The number of carbonyl (C=O) groups excluding carboxylic acids is 3. The number of fused-ring (bicyclic) bond motifs is 4. The van der Waals surface area contributed by atoms with Gasteiger partial charge in [0.05, 0.1) is 25.5 Å². The number of ether oxygens (including phenoxy) is 1. The quantitative estimate of drug-likeness (QED) is 0.743. The summed E-state index contributed by atoms with van der Waals surface area (Å²) >= 11 is 0. The third-order valence-electron chi connectivity index (χ3n) is 6.87. The van der Waals surface area contributed by atoms with E-state index >= 15 is 0 Å². The number of likely N-dealkylation sites (tertiary alicyclic amines) is 1. The number of anilines is 1. The topological polar surface area (TPSA) is 87.7 Å². The monoisotopic (exact) mass is 419 g/mol. The third kappa shape index (κ3) is 2.66. The highest BCUT2D eigenvalue weighted by atomic mass is 16.5. The summed E-state index contributed by atoms with van der Waals surface area (Å²) in [5.74, 6) is -1.34. The number of nitrogens with one attached hydrogen (secondary N) is 2. The normalized spacial score (nSPS) is 29.0. The van der Waals surface area contributed by atoms with Gasteiger partial charge in [0.1, 0.15) is 11.3 Å². The van der Waals surface area contributed by atoms with Crippen LogP contribution in [0, 0.1) is 17.8 Å². The molecule has 2 N–H and O–H groups in total. The molecule has 7 heteroatoms. The highest BCUT2D eigenvalue weighted by Crippen LogP contribution is 2.54. The summed E-state index contributed by atoms with van der Waals surface area (Å²) in [4.78, 5) is 41.8. The van der Waals surface area contributed by atoms with Gasteiger partial charge >= 0.3 is 0 Å². The fraction of sp³-hybridized carbons (Fsp3) is 0.375. The number of para-hydroxylation sites is 1. The number of hydrogen-bond acceptors (Lipinski definition) is 5. The zero-order valence-electron chi connectivity index (χ0n) is 17.7. The molecule has 31 heavy (non-hydrogen) atoms. The molecule has 7 nitrogen and oxygen atoms in total. The van der Waals surface area contributed by atoms with E-state index in [0.717, 1.165) is 11.1 Å². The van der Waals surface area contributed by atoms with Crippen molar-refractivity contribution in [3.05, 3.63) is 59.7 Å². The summed E-state index contributed by atoms with van der Waals surface area (Å²) in [6.45, 7) is 4.20. The van der Waals surface area contributed by atoms with Crippen molar-refractivity contribution >= 4 is 23.4 Å². The summed E-state index contributed by atoms with van der Waals surface area (Å²) in [6.07, 6.45) is 0. The van der Waals surface area contributed by atoms with Gasteiger partial charge in [-0.05, 0) is 29.7 Å². The number of hydrogen-bond donors (Lipinski definition) is 2. The molecule has 2 aromatic rings. The predicted molar refractivity (Wildman–Crippen MR) is 114 cm³/mol. The Kier molecular flexibility index (Phi) is 4.41. The average molecular weight is 419 g/mol. The van der Waals surface area contributed by atoms with Crippen LogP contribution in [0.3, 0.4) is 0 Å². The highest BCUT2D eigenvalue weighted by molar-refractivity contribution is 6.15. The van der Waals surface area contributed by atoms with E-state index < -0.39 is 17.4 Å². The molecule has 0 saturated carbocycles. The van der Waals surface area contributed by atoms with Crippen LogP contribution in [0.1, 0.15) is 25.0 Å². The van der Waals surface area contributed by atoms with E-state index in [-0.39, 0.29) is 36.2 Å². The van der Waals surface area contributed by atoms with Crippen molar-refractivity contribution < 1.29 is 19.1 Å². The van der Waals surface area contributed by atoms with Gasteiger partial charge in [-0.3, -0.25) is 24.6 Å². The van der Waals surface area contributed by atoms with Crippen LogP contribution in [0.5, 0.6) is 5.75 Å². The van der Waals surface area contributed by atoms with E-state index in [1.165, 1.54) is 4.90 Å². The summed E-state index contributed by atoms with van der Waals surface area (Å²) in [7, 11) is 1.59. The molecule has 160 valence electrons. The lowest BCUT2D eigenvalue weighted by atomic mass is 9.76. The first-order valence-electron chi connectivity index (χ1n) is 10.5. The first-order chi connectivity index (χ1) is 14.9. The van der Waals surface area contributed by atoms with Crippen LogP contribution in [0.4, 0.5) is 5.69 Å². The molecular formula is C24H25N3O4. The highest BCUT2D eigenvalue weighted by Gasteiger charge is 2.70. The number of rotatable bonds is 4. The molecule has 0 radical (unpaired) electrons. The Hall–Kier alpha value is -3.19. The maximum Gasteiger partial charge on any atom is 0.250 e. The molecule has 2 saturated heterocycles. The minimum Gasteiger partial charge on any atom is -0.497 e. The van der Waals surface area contributed by atoms with Gasteiger partial charge in [-0.1, -0.05) is 44.2 Å². The molecule has 0 aliphatic carbocycles. The maximum absolute atomic E-state index is 13.7.